The van der Waals surface area contributed by atoms with Crippen LogP contribution in [-0.4, -0.2) is 152 Å². The van der Waals surface area contributed by atoms with Crippen LogP contribution in [0, 0.1) is 0 Å². The number of aryl methyl sites for hydroxylation is 2. The molecule has 0 fully saturated rings. The molecule has 0 bridgehead atoms. The minimum Gasteiger partial charge on any atom is -0.424 e. The zero-order valence-corrected chi connectivity index (χ0v) is 73.5. The number of carbonyl (C=O) groups is 4. The minimum atomic E-state index is -5.10. The van der Waals surface area contributed by atoms with Crippen LogP contribution in [0.3, 0.4) is 0 Å². The molecular weight excluding hydrogens is 1860 g/mol. The molecule has 134 heavy (non-hydrogen) atoms. The zero-order chi connectivity index (χ0) is 95.5. The molecule has 0 amide bonds. The molecule has 0 radical (unpaired) electrons. The minimum absolute atomic E-state index is 0.00501. The van der Waals surface area contributed by atoms with Gasteiger partial charge >= 0.3 is 43.8 Å². The first-order valence-electron chi connectivity index (χ1n) is 38.9. The number of hydrogen-bond donors (Lipinski definition) is 8. The van der Waals surface area contributed by atoms with Crippen molar-refractivity contribution in [1.82, 2.24) is 39.0 Å². The molecule has 12 aromatic carbocycles. The summed E-state index contributed by atoms with van der Waals surface area (Å²) in [7, 11) is -21.3. The first-order valence-corrected chi connectivity index (χ1v) is 46.2. The summed E-state index contributed by atoms with van der Waals surface area (Å²) >= 11 is 0. The Hall–Kier alpha value is -16.5. The molecule has 8 N–H and O–H groups in total. The highest BCUT2D eigenvalue weighted by Crippen LogP contribution is 2.48. The van der Waals surface area contributed by atoms with Crippen LogP contribution in [0.5, 0.6) is 23.5 Å². The summed E-state index contributed by atoms with van der Waals surface area (Å²) < 4.78 is 201. The first kappa shape index (κ1) is 92.2. The monoisotopic (exact) mass is 1920 g/mol. The van der Waals surface area contributed by atoms with Crippen LogP contribution < -0.4 is 47.2 Å². The van der Waals surface area contributed by atoms with E-state index in [0.717, 1.165) is 44.3 Å². The van der Waals surface area contributed by atoms with Crippen LogP contribution in [-0.2, 0) is 82.7 Å². The van der Waals surface area contributed by atoms with E-state index >= 15 is 4.79 Å². The molecule has 4 aromatic heterocycles. The first-order chi connectivity index (χ1) is 63.8. The van der Waals surface area contributed by atoms with Crippen molar-refractivity contribution in [2.24, 2.45) is 14.1 Å². The van der Waals surface area contributed by atoms with Crippen LogP contribution in [0.1, 0.15) is 75.1 Å². The van der Waals surface area contributed by atoms with Gasteiger partial charge in [0, 0.05) is 89.1 Å². The fourth-order valence-corrected chi connectivity index (χ4v) is 17.2. The number of hydrogen-bond acceptors (Lipinski definition) is 34. The highest BCUT2D eigenvalue weighted by molar-refractivity contribution is 7.86. The average Bonchev–Trinajstić information content (AvgIpc) is 0.708. The van der Waals surface area contributed by atoms with Crippen molar-refractivity contribution in [3.63, 3.8) is 0 Å². The number of pyridine rings is 2. The second-order valence-corrected chi connectivity index (χ2v) is 34.5. The van der Waals surface area contributed by atoms with Gasteiger partial charge in [0.2, 0.25) is 17.8 Å². The van der Waals surface area contributed by atoms with Crippen LogP contribution in [0.4, 0.5) is 46.3 Å². The van der Waals surface area contributed by atoms with Crippen LogP contribution in [0.25, 0.3) is 65.6 Å². The number of ether oxygens (including phenoxy) is 2. The lowest BCUT2D eigenvalue weighted by molar-refractivity contribution is 0.102. The normalized spacial score (nSPS) is 11.7. The third-order valence-electron chi connectivity index (χ3n) is 20.9. The number of fused-ring (bicyclic) bond motifs is 6. The van der Waals surface area contributed by atoms with Crippen molar-refractivity contribution in [2.75, 3.05) is 39.7 Å². The molecular formula is C89H61N13O26S6. The van der Waals surface area contributed by atoms with Gasteiger partial charge in [-0.05, 0) is 135 Å². The third-order valence-corrected chi connectivity index (χ3v) is 23.6. The van der Waals surface area contributed by atoms with Gasteiger partial charge in [-0.1, -0.05) is 152 Å². The highest BCUT2D eigenvalue weighted by atomic mass is 32.2. The second-order valence-electron chi connectivity index (χ2n) is 29.1. The Morgan fingerprint density at radius 2 is 0.799 bits per heavy atom. The number of rotatable bonds is 24. The lowest BCUT2D eigenvalue weighted by atomic mass is 9.80. The Morgan fingerprint density at radius 3 is 1.30 bits per heavy atom. The van der Waals surface area contributed by atoms with Gasteiger partial charge in [-0.2, -0.15) is 55.2 Å². The molecule has 674 valence electrons. The Labute approximate surface area is 760 Å². The molecule has 0 aliphatic heterocycles. The van der Waals surface area contributed by atoms with E-state index < -0.39 is 123 Å². The molecule has 0 spiro atoms. The maximum absolute atomic E-state index is 15.0. The zero-order valence-electron chi connectivity index (χ0n) is 68.6. The van der Waals surface area contributed by atoms with Crippen LogP contribution >= 0.6 is 0 Å². The Kier molecular flexibility index (Phi) is 26.1. The molecule has 0 atom stereocenters. The van der Waals surface area contributed by atoms with Crippen LogP contribution in [0.15, 0.2) is 273 Å². The van der Waals surface area contributed by atoms with E-state index in [1.54, 1.807) is 103 Å². The molecule has 4 heterocycles. The fourth-order valence-electron chi connectivity index (χ4n) is 15.4. The lowest BCUT2D eigenvalue weighted by Crippen LogP contribution is -2.29. The van der Waals surface area contributed by atoms with Gasteiger partial charge in [0.25, 0.3) is 41.5 Å². The summed E-state index contributed by atoms with van der Waals surface area (Å²) in [5, 5.41) is 19.6. The van der Waals surface area contributed by atoms with E-state index in [2.05, 4.69) is 51.5 Å². The topological polar surface area (TPSA) is 585 Å². The van der Waals surface area contributed by atoms with Crippen LogP contribution in [0.2, 0.25) is 0 Å². The summed E-state index contributed by atoms with van der Waals surface area (Å²) in [6, 6.07) is 64.7. The number of carbonyl (C=O) groups excluding carboxylic acids is 4. The second kappa shape index (κ2) is 37.9. The van der Waals surface area contributed by atoms with Crippen molar-refractivity contribution in [1.29, 1.82) is 0 Å². The van der Waals surface area contributed by atoms with E-state index in [4.69, 9.17) is 52.3 Å². The number of nitrogens with one attached hydrogen (secondary N) is 5. The summed E-state index contributed by atoms with van der Waals surface area (Å²) in [5.41, 5.74) is -0.175. The van der Waals surface area contributed by atoms with Gasteiger partial charge in [0.05, 0.1) is 60.1 Å². The molecule has 0 saturated heterocycles. The third kappa shape index (κ3) is 19.8. The summed E-state index contributed by atoms with van der Waals surface area (Å²) in [5.74, 6) is -2.30. The molecule has 39 nitrogen and oxygen atoms in total. The Morgan fingerprint density at radius 1 is 0.373 bits per heavy atom. The van der Waals surface area contributed by atoms with E-state index in [1.165, 1.54) is 85.4 Å². The van der Waals surface area contributed by atoms with E-state index in [9.17, 15) is 62.9 Å². The summed E-state index contributed by atoms with van der Waals surface area (Å²) in [6.45, 7) is -0.0356. The maximum atomic E-state index is 15.0. The van der Waals surface area contributed by atoms with E-state index in [1.807, 2.05) is 60.7 Å². The average molecular weight is 1920 g/mol. The van der Waals surface area contributed by atoms with Gasteiger partial charge in [0.15, 0.2) is 23.1 Å². The number of benzene rings is 12. The van der Waals surface area contributed by atoms with Gasteiger partial charge in [-0.3, -0.25) is 42.4 Å². The van der Waals surface area contributed by atoms with Gasteiger partial charge < -0.3 is 45.2 Å². The molecule has 2 aliphatic rings. The molecule has 2 aliphatic carbocycles. The lowest BCUT2D eigenvalue weighted by Gasteiger charge is -2.26. The van der Waals surface area contributed by atoms with Crippen molar-refractivity contribution in [2.45, 2.75) is 21.1 Å². The van der Waals surface area contributed by atoms with E-state index in [-0.39, 0.29) is 149 Å². The largest absolute Gasteiger partial charge is 0.425 e. The summed E-state index contributed by atoms with van der Waals surface area (Å²) in [6.07, 6.45) is -0.393. The predicted octanol–water partition coefficient (Wildman–Crippen LogP) is 11.6. The van der Waals surface area contributed by atoms with Crippen molar-refractivity contribution < 1.29 is 105 Å². The molecule has 16 aromatic rings. The van der Waals surface area contributed by atoms with Gasteiger partial charge in [-0.15, -0.1) is 37.9 Å². The van der Waals surface area contributed by atoms with Gasteiger partial charge in [-0.25, -0.2) is 0 Å². The fraction of sp³-hybridized carbons (Fsp3) is 0.0562. The smallest absolute Gasteiger partial charge is 0.424 e. The number of aromatic nitrogens is 8. The molecule has 45 heteroatoms. The van der Waals surface area contributed by atoms with Gasteiger partial charge in [0.1, 0.15) is 22.2 Å². The Balaban J connectivity index is 0.00000108. The number of nitrogens with zero attached hydrogens (tertiary/aromatic N) is 8. The Bertz CT molecular complexity index is 8520. The van der Waals surface area contributed by atoms with E-state index in [0.29, 0.717) is 28.0 Å². The highest BCUT2D eigenvalue weighted by Gasteiger charge is 2.38. The summed E-state index contributed by atoms with van der Waals surface area (Å²) in [4.78, 5) is 114. The maximum Gasteiger partial charge on any atom is 0.425 e. The van der Waals surface area contributed by atoms with Crippen molar-refractivity contribution in [3.8, 4) is 45.8 Å². The molecule has 0 saturated carbocycles. The number of anilines is 8. The number of ketones is 4. The quantitative estimate of drug-likeness (QED) is 0.0158. The standard InChI is InChI=1S/C89H61N13O17S3.3O3S/c1-101-66-35-33-63(73-75(66)71(59-23-10-12-25-61(59)81(73)105)77(83(101)107)79(103)49-17-4-3-5-18-49)92-54-29-37-68(121(112,113)114)53(41-54)45-70-95-85(98-88(96-70)118-56-31-27-47-15-6-8-19-50(47)42-56)90-39-40-91-86-97-87(100-89(99-86)119-57-32-28-48-16-7-9-20-51(48)43-57)93-55-30-38-69(122(115,116)117)65(46-55)94-64-34-36-67-76-72(60-24-11-13-26-62(60)82(106)74(64)76)78(84(108)102(67)2)80(104)52-21-14-22-58(44-52)120(109,110)111;3*1-4(2)3/h3-38,41-44,46,92,94H,39-40,45H2,1-2H3,(H,109,110,111)(H,112,113,114)(H,115,116,117)(H,90,95,96,98)(H2,91,93,97,99,100);;;. The van der Waals surface area contributed by atoms with Crippen molar-refractivity contribution in [3.05, 3.63) is 325 Å². The van der Waals surface area contributed by atoms with Crippen molar-refractivity contribution >= 4 is 175 Å². The SMILES string of the molecule is Cn1c(=O)c(C(=O)c2ccccc2)c2c3c(c(Nc4ccc(S(=O)(=O)O)c(Cc5nc(NCCNc6nc(Nc7ccc(S(=O)(=O)O)c(Nc8ccc9c%10c8C(=O)c8ccccc8-c%10c(C(=O)c8cccc(S(=O)(=O)O)c8)c(=O)n9C)c7)nc(Oc7ccc8ccccc8c7)n6)nc(Oc6ccc7ccccc7c6)n5)c4)ccc31)C(=O)c1ccccc1-2.O=S(=O)=O.O=S(=O)=O.O=S(=O)=O. The predicted molar refractivity (Wildman–Crippen MR) is 485 cm³/mol. The molecule has 0 unspecified atom stereocenters. The molecule has 18 rings (SSSR count).